The van der Waals surface area contributed by atoms with Crippen molar-refractivity contribution in [3.05, 3.63) is 11.5 Å². The monoisotopic (exact) mass is 178 g/mol. The lowest BCUT2D eigenvalue weighted by molar-refractivity contribution is -0.134. The number of aliphatic carboxylic acids is 1. The van der Waals surface area contributed by atoms with Crippen LogP contribution in [-0.2, 0) is 14.6 Å². The minimum atomic E-state index is -3.60. The van der Waals surface area contributed by atoms with E-state index in [0.717, 1.165) is 0 Å². The lowest BCUT2D eigenvalue weighted by Crippen LogP contribution is -2.15. The van der Waals surface area contributed by atoms with Crippen molar-refractivity contribution in [2.24, 2.45) is 0 Å². The van der Waals surface area contributed by atoms with Crippen LogP contribution >= 0.6 is 0 Å². The quantitative estimate of drug-likeness (QED) is 0.676. The standard InChI is InChI=1S/C6H10O4S/c1-3-5(2)11(9,10)4-6(7)8/h2-4H2,1H3,(H,7,8). The number of sulfone groups is 1. The van der Waals surface area contributed by atoms with E-state index in [2.05, 4.69) is 6.58 Å². The number of allylic oxidation sites excluding steroid dienone is 1. The molecule has 0 aliphatic heterocycles. The third-order valence-electron chi connectivity index (χ3n) is 1.15. The smallest absolute Gasteiger partial charge is 0.319 e. The molecular weight excluding hydrogens is 168 g/mol. The summed E-state index contributed by atoms with van der Waals surface area (Å²) in [6, 6.07) is 0. The van der Waals surface area contributed by atoms with Crippen molar-refractivity contribution in [1.29, 1.82) is 0 Å². The highest BCUT2D eigenvalue weighted by Crippen LogP contribution is 2.07. The molecule has 0 bridgehead atoms. The Bertz CT molecular complexity index is 262. The number of hydrogen-bond acceptors (Lipinski definition) is 3. The maximum absolute atomic E-state index is 10.9. The molecule has 0 unspecified atom stereocenters. The van der Waals surface area contributed by atoms with Crippen LogP contribution in [0.2, 0.25) is 0 Å². The van der Waals surface area contributed by atoms with Gasteiger partial charge < -0.3 is 5.11 Å². The Hall–Kier alpha value is -0.840. The summed E-state index contributed by atoms with van der Waals surface area (Å²) in [5.41, 5.74) is 0. The topological polar surface area (TPSA) is 71.4 Å². The molecule has 1 N–H and O–H groups in total. The highest BCUT2D eigenvalue weighted by atomic mass is 32.2. The summed E-state index contributed by atoms with van der Waals surface area (Å²) in [6.07, 6.45) is 0.260. The van der Waals surface area contributed by atoms with Gasteiger partial charge >= 0.3 is 5.97 Å². The molecule has 5 heteroatoms. The number of carboxylic acid groups (broad SMARTS) is 1. The van der Waals surface area contributed by atoms with E-state index in [-0.39, 0.29) is 11.3 Å². The van der Waals surface area contributed by atoms with Crippen molar-refractivity contribution < 1.29 is 18.3 Å². The largest absolute Gasteiger partial charge is 0.480 e. The Morgan fingerprint density at radius 1 is 1.55 bits per heavy atom. The Morgan fingerprint density at radius 2 is 2.00 bits per heavy atom. The average Bonchev–Trinajstić information content (AvgIpc) is 1.83. The second-order valence-corrected chi connectivity index (χ2v) is 4.14. The van der Waals surface area contributed by atoms with E-state index in [9.17, 15) is 13.2 Å². The van der Waals surface area contributed by atoms with Crippen molar-refractivity contribution >= 4 is 15.8 Å². The van der Waals surface area contributed by atoms with E-state index in [1.807, 2.05) is 0 Å². The fraction of sp³-hybridized carbons (Fsp3) is 0.500. The van der Waals surface area contributed by atoms with Crippen LogP contribution in [0, 0.1) is 0 Å². The minimum absolute atomic E-state index is 0.0279. The normalized spacial score (nSPS) is 11.0. The van der Waals surface area contributed by atoms with E-state index in [4.69, 9.17) is 5.11 Å². The Labute approximate surface area is 65.5 Å². The molecule has 4 nitrogen and oxygen atoms in total. The van der Waals surface area contributed by atoms with Gasteiger partial charge in [0, 0.05) is 4.91 Å². The van der Waals surface area contributed by atoms with E-state index in [1.165, 1.54) is 0 Å². The van der Waals surface area contributed by atoms with Gasteiger partial charge in [-0.05, 0) is 6.42 Å². The molecule has 64 valence electrons. The Balaban J connectivity index is 4.49. The van der Waals surface area contributed by atoms with Gasteiger partial charge in [0.05, 0.1) is 0 Å². The first-order valence-electron chi connectivity index (χ1n) is 3.02. The van der Waals surface area contributed by atoms with Crippen LogP contribution in [0.1, 0.15) is 13.3 Å². The average molecular weight is 178 g/mol. The highest BCUT2D eigenvalue weighted by Gasteiger charge is 2.17. The number of rotatable bonds is 4. The fourth-order valence-electron chi connectivity index (χ4n) is 0.485. The summed E-state index contributed by atoms with van der Waals surface area (Å²) in [5.74, 6) is -2.21. The van der Waals surface area contributed by atoms with E-state index < -0.39 is 21.6 Å². The second-order valence-electron chi connectivity index (χ2n) is 2.05. The zero-order valence-corrected chi connectivity index (χ0v) is 7.02. The van der Waals surface area contributed by atoms with Crippen LogP contribution in [0.25, 0.3) is 0 Å². The van der Waals surface area contributed by atoms with E-state index >= 15 is 0 Å². The van der Waals surface area contributed by atoms with Crippen LogP contribution in [-0.4, -0.2) is 25.2 Å². The summed E-state index contributed by atoms with van der Waals surface area (Å²) in [5, 5.41) is 8.17. The van der Waals surface area contributed by atoms with Crippen molar-refractivity contribution in [1.82, 2.24) is 0 Å². The SMILES string of the molecule is C=C(CC)S(=O)(=O)CC(=O)O. The molecule has 0 aromatic rings. The van der Waals surface area contributed by atoms with Gasteiger partial charge in [-0.15, -0.1) is 0 Å². The molecule has 0 spiro atoms. The first-order valence-corrected chi connectivity index (χ1v) is 4.67. The van der Waals surface area contributed by atoms with Crippen molar-refractivity contribution in [3.8, 4) is 0 Å². The van der Waals surface area contributed by atoms with Crippen molar-refractivity contribution in [2.45, 2.75) is 13.3 Å². The molecule has 0 aromatic carbocycles. The highest BCUT2D eigenvalue weighted by molar-refractivity contribution is 7.95. The van der Waals surface area contributed by atoms with E-state index in [0.29, 0.717) is 0 Å². The van der Waals surface area contributed by atoms with Gasteiger partial charge in [-0.3, -0.25) is 4.79 Å². The Morgan fingerprint density at radius 3 is 2.27 bits per heavy atom. The van der Waals surface area contributed by atoms with Gasteiger partial charge in [-0.1, -0.05) is 13.5 Å². The zero-order valence-electron chi connectivity index (χ0n) is 6.20. The molecule has 0 aliphatic rings. The fourth-order valence-corrected chi connectivity index (χ4v) is 1.45. The number of carbonyl (C=O) groups is 1. The molecule has 0 saturated carbocycles. The summed E-state index contributed by atoms with van der Waals surface area (Å²) < 4.78 is 21.8. The first-order chi connectivity index (χ1) is 4.90. The molecule has 0 saturated heterocycles. The molecule has 0 aromatic heterocycles. The molecule has 0 radical (unpaired) electrons. The minimum Gasteiger partial charge on any atom is -0.480 e. The summed E-state index contributed by atoms with van der Waals surface area (Å²) in [4.78, 5) is 9.99. The summed E-state index contributed by atoms with van der Waals surface area (Å²) in [7, 11) is -3.60. The summed E-state index contributed by atoms with van der Waals surface area (Å²) >= 11 is 0. The predicted molar refractivity (Wildman–Crippen MR) is 40.9 cm³/mol. The molecule has 0 rings (SSSR count). The van der Waals surface area contributed by atoms with Crippen LogP contribution in [0.4, 0.5) is 0 Å². The predicted octanol–water partition coefficient (Wildman–Crippen LogP) is 0.410. The van der Waals surface area contributed by atoms with Gasteiger partial charge in [0.1, 0.15) is 0 Å². The van der Waals surface area contributed by atoms with Gasteiger partial charge in [0.25, 0.3) is 0 Å². The van der Waals surface area contributed by atoms with Gasteiger partial charge in [-0.2, -0.15) is 0 Å². The lowest BCUT2D eigenvalue weighted by Gasteiger charge is -2.00. The Kier molecular flexibility index (Phi) is 3.25. The molecule has 0 heterocycles. The van der Waals surface area contributed by atoms with Crippen LogP contribution < -0.4 is 0 Å². The molecule has 11 heavy (non-hydrogen) atoms. The number of hydrogen-bond donors (Lipinski definition) is 1. The third-order valence-corrected chi connectivity index (χ3v) is 2.94. The number of carboxylic acids is 1. The van der Waals surface area contributed by atoms with Crippen molar-refractivity contribution in [3.63, 3.8) is 0 Å². The molecule has 0 fully saturated rings. The first kappa shape index (κ1) is 10.2. The zero-order chi connectivity index (χ0) is 9.07. The van der Waals surface area contributed by atoms with Gasteiger partial charge in [-0.25, -0.2) is 8.42 Å². The third kappa shape index (κ3) is 3.18. The molecule has 0 aliphatic carbocycles. The maximum atomic E-state index is 10.9. The lowest BCUT2D eigenvalue weighted by atomic mass is 10.5. The van der Waals surface area contributed by atoms with Crippen LogP contribution in [0.15, 0.2) is 11.5 Å². The van der Waals surface area contributed by atoms with Gasteiger partial charge in [0.15, 0.2) is 15.6 Å². The second kappa shape index (κ2) is 3.52. The van der Waals surface area contributed by atoms with Gasteiger partial charge in [0.2, 0.25) is 0 Å². The summed E-state index contributed by atoms with van der Waals surface area (Å²) in [6.45, 7) is 4.86. The molecule has 0 amide bonds. The van der Waals surface area contributed by atoms with E-state index in [1.54, 1.807) is 6.92 Å². The molecule has 0 atom stereocenters. The maximum Gasteiger partial charge on any atom is 0.319 e. The molecular formula is C6H10O4S. The van der Waals surface area contributed by atoms with Crippen LogP contribution in [0.3, 0.4) is 0 Å². The van der Waals surface area contributed by atoms with Crippen molar-refractivity contribution in [2.75, 3.05) is 5.75 Å². The van der Waals surface area contributed by atoms with Crippen LogP contribution in [0.5, 0.6) is 0 Å².